The first kappa shape index (κ1) is 12.4. The fraction of sp³-hybridized carbons (Fsp3) is 0.308. The summed E-state index contributed by atoms with van der Waals surface area (Å²) < 4.78 is 5.47. The highest BCUT2D eigenvalue weighted by atomic mass is 16.5. The molecule has 1 heterocycles. The van der Waals surface area contributed by atoms with Gasteiger partial charge in [-0.15, -0.1) is 0 Å². The Hall–Kier alpha value is -2.01. The Morgan fingerprint density at radius 3 is 2.50 bits per heavy atom. The quantitative estimate of drug-likeness (QED) is 0.887. The van der Waals surface area contributed by atoms with Gasteiger partial charge < -0.3 is 10.5 Å². The normalized spacial score (nSPS) is 12.3. The molecule has 94 valence electrons. The molecule has 1 unspecified atom stereocenters. The number of anilines is 1. The van der Waals surface area contributed by atoms with Crippen molar-refractivity contribution in [3.8, 4) is 0 Å². The molecule has 0 aliphatic rings. The van der Waals surface area contributed by atoms with Gasteiger partial charge in [0, 0.05) is 13.5 Å². The van der Waals surface area contributed by atoms with E-state index < -0.39 is 0 Å². The number of hydrogen-bond acceptors (Lipinski definition) is 5. The van der Waals surface area contributed by atoms with E-state index in [4.69, 9.17) is 10.5 Å². The summed E-state index contributed by atoms with van der Waals surface area (Å²) in [5, 5.41) is 0. The van der Waals surface area contributed by atoms with Crippen molar-refractivity contribution in [2.24, 2.45) is 0 Å². The van der Waals surface area contributed by atoms with Gasteiger partial charge in [0.2, 0.25) is 5.95 Å². The van der Waals surface area contributed by atoms with E-state index in [0.29, 0.717) is 18.1 Å². The summed E-state index contributed by atoms with van der Waals surface area (Å²) >= 11 is 0. The third kappa shape index (κ3) is 2.62. The monoisotopic (exact) mass is 244 g/mol. The maximum absolute atomic E-state index is 5.69. The summed E-state index contributed by atoms with van der Waals surface area (Å²) in [5.74, 6) is 1.46. The Bertz CT molecular complexity index is 516. The first-order valence-corrected chi connectivity index (χ1v) is 5.82. The molecule has 0 aliphatic heterocycles. The van der Waals surface area contributed by atoms with Gasteiger partial charge in [-0.25, -0.2) is 4.98 Å². The lowest BCUT2D eigenvalue weighted by Crippen LogP contribution is -2.13. The number of benzene rings is 1. The molecule has 5 heteroatoms. The van der Waals surface area contributed by atoms with E-state index >= 15 is 0 Å². The van der Waals surface area contributed by atoms with Crippen LogP contribution >= 0.6 is 0 Å². The zero-order valence-corrected chi connectivity index (χ0v) is 10.5. The summed E-state index contributed by atoms with van der Waals surface area (Å²) in [7, 11) is 1.63. The molecule has 0 radical (unpaired) electrons. The van der Waals surface area contributed by atoms with E-state index in [2.05, 4.69) is 15.0 Å². The van der Waals surface area contributed by atoms with Crippen LogP contribution in [0.25, 0.3) is 0 Å². The average Bonchev–Trinajstić information content (AvgIpc) is 2.40. The Balaban J connectivity index is 2.42. The molecule has 2 aromatic rings. The summed E-state index contributed by atoms with van der Waals surface area (Å²) in [5.41, 5.74) is 6.68. The molecule has 0 bridgehead atoms. The second-order valence-electron chi connectivity index (χ2n) is 3.85. The van der Waals surface area contributed by atoms with E-state index in [1.165, 1.54) is 0 Å². The van der Waals surface area contributed by atoms with Gasteiger partial charge in [0.1, 0.15) is 11.9 Å². The number of rotatable bonds is 4. The van der Waals surface area contributed by atoms with E-state index in [9.17, 15) is 0 Å². The predicted molar refractivity (Wildman–Crippen MR) is 68.9 cm³/mol. The molecule has 1 aromatic heterocycles. The summed E-state index contributed by atoms with van der Waals surface area (Å²) in [6.07, 6.45) is 0.395. The molecule has 0 saturated carbocycles. The predicted octanol–water partition coefficient (Wildman–Crippen LogP) is 1.75. The average molecular weight is 244 g/mol. The second-order valence-corrected chi connectivity index (χ2v) is 3.85. The van der Waals surface area contributed by atoms with Crippen LogP contribution in [0.2, 0.25) is 0 Å². The molecule has 2 rings (SSSR count). The number of nitrogens with two attached hydrogens (primary N) is 1. The maximum atomic E-state index is 5.69. The lowest BCUT2D eigenvalue weighted by Gasteiger charge is -2.15. The third-order valence-corrected chi connectivity index (χ3v) is 2.61. The van der Waals surface area contributed by atoms with Gasteiger partial charge in [-0.05, 0) is 5.56 Å². The molecule has 5 nitrogen and oxygen atoms in total. The Morgan fingerprint density at radius 1 is 1.17 bits per heavy atom. The fourth-order valence-corrected chi connectivity index (χ4v) is 1.75. The van der Waals surface area contributed by atoms with Gasteiger partial charge in [0.15, 0.2) is 5.82 Å². The third-order valence-electron chi connectivity index (χ3n) is 2.61. The van der Waals surface area contributed by atoms with E-state index in [-0.39, 0.29) is 12.1 Å². The van der Waals surface area contributed by atoms with E-state index in [1.807, 2.05) is 37.3 Å². The van der Waals surface area contributed by atoms with Crippen LogP contribution in [-0.2, 0) is 11.2 Å². The Morgan fingerprint density at radius 2 is 1.89 bits per heavy atom. The molecule has 1 atom stereocenters. The number of nitrogens with zero attached hydrogens (tertiary/aromatic N) is 3. The molecule has 0 saturated heterocycles. The standard InChI is InChI=1S/C13H16N4O/c1-3-10-15-12(17-13(14)16-10)11(18-2)9-7-5-4-6-8-9/h4-8,11H,3H2,1-2H3,(H2,14,15,16,17). The summed E-state index contributed by atoms with van der Waals surface area (Å²) in [6, 6.07) is 9.80. The highest BCUT2D eigenvalue weighted by molar-refractivity contribution is 5.25. The zero-order chi connectivity index (χ0) is 13.0. The molecule has 2 N–H and O–H groups in total. The summed E-state index contributed by atoms with van der Waals surface area (Å²) in [4.78, 5) is 12.6. The van der Waals surface area contributed by atoms with Crippen molar-refractivity contribution >= 4 is 5.95 Å². The molecule has 1 aromatic carbocycles. The molecule has 0 fully saturated rings. The maximum Gasteiger partial charge on any atom is 0.223 e. The highest BCUT2D eigenvalue weighted by Gasteiger charge is 2.17. The lowest BCUT2D eigenvalue weighted by atomic mass is 10.1. The number of nitrogen functional groups attached to an aromatic ring is 1. The smallest absolute Gasteiger partial charge is 0.223 e. The van der Waals surface area contributed by atoms with Crippen LogP contribution in [-0.4, -0.2) is 22.1 Å². The minimum absolute atomic E-state index is 0.231. The lowest BCUT2D eigenvalue weighted by molar-refractivity contribution is 0.128. The first-order valence-electron chi connectivity index (χ1n) is 5.82. The van der Waals surface area contributed by atoms with Crippen molar-refractivity contribution in [2.45, 2.75) is 19.4 Å². The molecule has 18 heavy (non-hydrogen) atoms. The number of ether oxygens (including phenoxy) is 1. The minimum Gasteiger partial charge on any atom is -0.369 e. The van der Waals surface area contributed by atoms with Gasteiger partial charge in [-0.3, -0.25) is 0 Å². The van der Waals surface area contributed by atoms with Crippen LogP contribution in [0.4, 0.5) is 5.95 Å². The van der Waals surface area contributed by atoms with Crippen molar-refractivity contribution in [3.63, 3.8) is 0 Å². The molecule has 0 amide bonds. The number of methoxy groups -OCH3 is 1. The highest BCUT2D eigenvalue weighted by Crippen LogP contribution is 2.22. The molecular weight excluding hydrogens is 228 g/mol. The summed E-state index contributed by atoms with van der Waals surface area (Å²) in [6.45, 7) is 1.98. The first-order chi connectivity index (χ1) is 8.74. The second kappa shape index (κ2) is 5.55. The van der Waals surface area contributed by atoms with Crippen molar-refractivity contribution in [1.82, 2.24) is 15.0 Å². The van der Waals surface area contributed by atoms with Crippen molar-refractivity contribution < 1.29 is 4.74 Å². The van der Waals surface area contributed by atoms with Crippen LogP contribution in [0, 0.1) is 0 Å². The van der Waals surface area contributed by atoms with Gasteiger partial charge in [-0.1, -0.05) is 37.3 Å². The van der Waals surface area contributed by atoms with E-state index in [0.717, 1.165) is 5.56 Å². The SMILES string of the molecule is CCc1nc(N)nc(C(OC)c2ccccc2)n1. The van der Waals surface area contributed by atoms with Crippen molar-refractivity contribution in [2.75, 3.05) is 12.8 Å². The van der Waals surface area contributed by atoms with Crippen LogP contribution in [0.1, 0.15) is 30.2 Å². The fourth-order valence-electron chi connectivity index (χ4n) is 1.75. The topological polar surface area (TPSA) is 73.9 Å². The minimum atomic E-state index is -0.318. The Kier molecular flexibility index (Phi) is 3.84. The van der Waals surface area contributed by atoms with E-state index in [1.54, 1.807) is 7.11 Å². The van der Waals surface area contributed by atoms with Crippen molar-refractivity contribution in [3.05, 3.63) is 47.5 Å². The van der Waals surface area contributed by atoms with Crippen LogP contribution in [0.5, 0.6) is 0 Å². The number of aryl methyl sites for hydroxylation is 1. The molecule has 0 spiro atoms. The van der Waals surface area contributed by atoms with Crippen LogP contribution < -0.4 is 5.73 Å². The Labute approximate surface area is 106 Å². The largest absolute Gasteiger partial charge is 0.369 e. The molecule has 0 aliphatic carbocycles. The van der Waals surface area contributed by atoms with Gasteiger partial charge in [0.05, 0.1) is 0 Å². The van der Waals surface area contributed by atoms with Crippen LogP contribution in [0.15, 0.2) is 30.3 Å². The van der Waals surface area contributed by atoms with Crippen LogP contribution in [0.3, 0.4) is 0 Å². The molecular formula is C13H16N4O. The van der Waals surface area contributed by atoms with Gasteiger partial charge in [0.25, 0.3) is 0 Å². The van der Waals surface area contributed by atoms with Gasteiger partial charge in [-0.2, -0.15) is 9.97 Å². The number of aromatic nitrogens is 3. The van der Waals surface area contributed by atoms with Gasteiger partial charge >= 0.3 is 0 Å². The number of hydrogen-bond donors (Lipinski definition) is 1. The van der Waals surface area contributed by atoms with Crippen molar-refractivity contribution in [1.29, 1.82) is 0 Å². The zero-order valence-electron chi connectivity index (χ0n) is 10.5.